The van der Waals surface area contributed by atoms with Gasteiger partial charge in [-0.3, -0.25) is 0 Å². The minimum absolute atomic E-state index is 0.219. The van der Waals surface area contributed by atoms with Crippen molar-refractivity contribution >= 4 is 11.5 Å². The fourth-order valence-corrected chi connectivity index (χ4v) is 3.15. The van der Waals surface area contributed by atoms with Crippen molar-refractivity contribution in [2.45, 2.75) is 46.1 Å². The summed E-state index contributed by atoms with van der Waals surface area (Å²) in [5.74, 6) is 0. The van der Waals surface area contributed by atoms with Gasteiger partial charge < -0.3 is 5.32 Å². The second-order valence-electron chi connectivity index (χ2n) is 5.14. The van der Waals surface area contributed by atoms with Crippen LogP contribution in [0.15, 0.2) is 24.3 Å². The molecule has 108 valence electrons. The largest absolute Gasteiger partial charge is 0.305 e. The predicted octanol–water partition coefficient (Wildman–Crippen LogP) is 3.89. The standard InChI is InChI=1S/C16H23N3S/c1-4-7-14-16(20-19-18-14)15(17-10-5-2)13-9-6-8-12(3)11-13/h6,8-9,11,15,17H,4-5,7,10H2,1-3H3. The van der Waals surface area contributed by atoms with E-state index in [9.17, 15) is 0 Å². The van der Waals surface area contributed by atoms with Crippen LogP contribution in [-0.2, 0) is 6.42 Å². The lowest BCUT2D eigenvalue weighted by Gasteiger charge is -2.18. The monoisotopic (exact) mass is 289 g/mol. The Morgan fingerprint density at radius 1 is 1.25 bits per heavy atom. The molecule has 1 aromatic heterocycles. The van der Waals surface area contributed by atoms with Gasteiger partial charge in [-0.1, -0.05) is 54.6 Å². The van der Waals surface area contributed by atoms with E-state index >= 15 is 0 Å². The minimum Gasteiger partial charge on any atom is -0.305 e. The minimum atomic E-state index is 0.219. The van der Waals surface area contributed by atoms with E-state index in [4.69, 9.17) is 0 Å². The molecule has 0 spiro atoms. The van der Waals surface area contributed by atoms with Crippen LogP contribution in [-0.4, -0.2) is 16.1 Å². The second-order valence-corrected chi connectivity index (χ2v) is 5.92. The first-order valence-corrected chi connectivity index (χ1v) is 8.14. The summed E-state index contributed by atoms with van der Waals surface area (Å²) in [5.41, 5.74) is 3.75. The molecule has 3 nitrogen and oxygen atoms in total. The van der Waals surface area contributed by atoms with E-state index in [1.807, 2.05) is 0 Å². The number of benzene rings is 1. The van der Waals surface area contributed by atoms with Gasteiger partial charge in [0, 0.05) is 0 Å². The summed E-state index contributed by atoms with van der Waals surface area (Å²) in [6, 6.07) is 8.92. The Hall–Kier alpha value is -1.26. The highest BCUT2D eigenvalue weighted by Gasteiger charge is 2.20. The van der Waals surface area contributed by atoms with Crippen molar-refractivity contribution in [3.05, 3.63) is 46.0 Å². The quantitative estimate of drug-likeness (QED) is 0.840. The van der Waals surface area contributed by atoms with Crippen molar-refractivity contribution in [1.82, 2.24) is 14.9 Å². The molecule has 0 saturated heterocycles. The maximum Gasteiger partial charge on any atom is 0.0807 e. The van der Waals surface area contributed by atoms with Crippen molar-refractivity contribution in [2.24, 2.45) is 0 Å². The summed E-state index contributed by atoms with van der Waals surface area (Å²) in [4.78, 5) is 1.27. The third-order valence-corrected chi connectivity index (χ3v) is 4.14. The maximum absolute atomic E-state index is 4.31. The maximum atomic E-state index is 4.31. The fraction of sp³-hybridized carbons (Fsp3) is 0.500. The van der Waals surface area contributed by atoms with Gasteiger partial charge in [0.1, 0.15) is 0 Å². The summed E-state index contributed by atoms with van der Waals surface area (Å²) in [7, 11) is 0. The van der Waals surface area contributed by atoms with Crippen LogP contribution in [0.25, 0.3) is 0 Å². The molecule has 0 radical (unpaired) electrons. The van der Waals surface area contributed by atoms with Gasteiger partial charge in [-0.25, -0.2) is 0 Å². The van der Waals surface area contributed by atoms with Crippen LogP contribution in [0.4, 0.5) is 0 Å². The van der Waals surface area contributed by atoms with Gasteiger partial charge in [-0.05, 0) is 43.4 Å². The first-order valence-electron chi connectivity index (χ1n) is 7.37. The summed E-state index contributed by atoms with van der Waals surface area (Å²) < 4.78 is 4.17. The molecule has 4 heteroatoms. The van der Waals surface area contributed by atoms with Gasteiger partial charge in [0.25, 0.3) is 0 Å². The Balaban J connectivity index is 2.33. The van der Waals surface area contributed by atoms with Crippen LogP contribution in [0.1, 0.15) is 54.4 Å². The molecule has 0 fully saturated rings. The number of hydrogen-bond donors (Lipinski definition) is 1. The first kappa shape index (κ1) is 15.1. The Morgan fingerprint density at radius 3 is 2.80 bits per heavy atom. The third-order valence-electron chi connectivity index (χ3n) is 3.31. The van der Waals surface area contributed by atoms with E-state index in [1.54, 1.807) is 0 Å². The molecule has 2 rings (SSSR count). The van der Waals surface area contributed by atoms with Gasteiger partial charge in [0.2, 0.25) is 0 Å². The van der Waals surface area contributed by atoms with Crippen LogP contribution >= 0.6 is 11.5 Å². The van der Waals surface area contributed by atoms with Gasteiger partial charge >= 0.3 is 0 Å². The van der Waals surface area contributed by atoms with Crippen molar-refractivity contribution in [2.75, 3.05) is 6.54 Å². The zero-order valence-corrected chi connectivity index (χ0v) is 13.3. The number of aryl methyl sites for hydroxylation is 2. The molecule has 0 aliphatic rings. The Kier molecular flexibility index (Phi) is 5.68. The van der Waals surface area contributed by atoms with Crippen molar-refractivity contribution in [3.8, 4) is 0 Å². The molecule has 1 unspecified atom stereocenters. The van der Waals surface area contributed by atoms with Crippen LogP contribution in [0.3, 0.4) is 0 Å². The van der Waals surface area contributed by atoms with Gasteiger partial charge in [-0.2, -0.15) is 0 Å². The molecule has 1 aromatic carbocycles. The summed E-state index contributed by atoms with van der Waals surface area (Å²) in [6.07, 6.45) is 3.23. The van der Waals surface area contributed by atoms with Crippen LogP contribution in [0.5, 0.6) is 0 Å². The van der Waals surface area contributed by atoms with Crippen molar-refractivity contribution in [3.63, 3.8) is 0 Å². The molecular formula is C16H23N3S. The lowest BCUT2D eigenvalue weighted by atomic mass is 10.0. The molecule has 20 heavy (non-hydrogen) atoms. The van der Waals surface area contributed by atoms with Gasteiger partial charge in [-0.15, -0.1) is 5.10 Å². The third kappa shape index (κ3) is 3.64. The molecule has 1 N–H and O–H groups in total. The zero-order valence-electron chi connectivity index (χ0n) is 12.5. The predicted molar refractivity (Wildman–Crippen MR) is 85.2 cm³/mol. The van der Waals surface area contributed by atoms with Crippen molar-refractivity contribution in [1.29, 1.82) is 0 Å². The Bertz CT molecular complexity index is 536. The molecule has 0 bridgehead atoms. The molecule has 1 atom stereocenters. The smallest absolute Gasteiger partial charge is 0.0807 e. The topological polar surface area (TPSA) is 37.8 Å². The SMILES string of the molecule is CCCNC(c1cccc(C)c1)c1snnc1CCC. The van der Waals surface area contributed by atoms with E-state index in [-0.39, 0.29) is 6.04 Å². The average molecular weight is 289 g/mol. The van der Waals surface area contributed by atoms with Crippen LogP contribution in [0, 0.1) is 6.92 Å². The number of hydrogen-bond acceptors (Lipinski definition) is 4. The van der Waals surface area contributed by atoms with Gasteiger partial charge in [0.05, 0.1) is 16.6 Å². The van der Waals surface area contributed by atoms with E-state index in [1.165, 1.54) is 27.5 Å². The second kappa shape index (κ2) is 7.50. The molecule has 2 aromatic rings. The van der Waals surface area contributed by atoms with Gasteiger partial charge in [0.15, 0.2) is 0 Å². The number of nitrogens with zero attached hydrogens (tertiary/aromatic N) is 2. The number of nitrogens with one attached hydrogen (secondary N) is 1. The first-order chi connectivity index (χ1) is 9.76. The average Bonchev–Trinajstić information content (AvgIpc) is 2.88. The summed E-state index contributed by atoms with van der Waals surface area (Å²) in [6.45, 7) is 7.52. The van der Waals surface area contributed by atoms with E-state index in [2.05, 4.69) is 59.9 Å². The molecule has 1 heterocycles. The highest BCUT2D eigenvalue weighted by atomic mass is 32.1. The molecule has 0 amide bonds. The Labute approximate surface area is 125 Å². The van der Waals surface area contributed by atoms with E-state index in [0.29, 0.717) is 0 Å². The molecular weight excluding hydrogens is 266 g/mol. The fourth-order valence-electron chi connectivity index (χ4n) is 2.35. The van der Waals surface area contributed by atoms with Crippen LogP contribution in [0.2, 0.25) is 0 Å². The summed E-state index contributed by atoms with van der Waals surface area (Å²) >= 11 is 1.53. The van der Waals surface area contributed by atoms with E-state index < -0.39 is 0 Å². The van der Waals surface area contributed by atoms with Crippen molar-refractivity contribution < 1.29 is 0 Å². The number of rotatable bonds is 7. The molecule has 0 saturated carbocycles. The molecule has 0 aliphatic carbocycles. The number of aromatic nitrogens is 2. The highest BCUT2D eigenvalue weighted by molar-refractivity contribution is 7.05. The lowest BCUT2D eigenvalue weighted by Crippen LogP contribution is -2.23. The summed E-state index contributed by atoms with van der Waals surface area (Å²) in [5, 5.41) is 7.96. The molecule has 0 aliphatic heterocycles. The normalized spacial score (nSPS) is 12.6. The zero-order chi connectivity index (χ0) is 14.4. The lowest BCUT2D eigenvalue weighted by molar-refractivity contribution is 0.599. The highest BCUT2D eigenvalue weighted by Crippen LogP contribution is 2.28. The van der Waals surface area contributed by atoms with Crippen LogP contribution < -0.4 is 5.32 Å². The van der Waals surface area contributed by atoms with E-state index in [0.717, 1.165) is 31.5 Å². The Morgan fingerprint density at radius 2 is 2.10 bits per heavy atom.